The summed E-state index contributed by atoms with van der Waals surface area (Å²) in [5.41, 5.74) is 1.91. The van der Waals surface area contributed by atoms with E-state index >= 15 is 0 Å². The van der Waals surface area contributed by atoms with E-state index in [1.807, 2.05) is 36.0 Å². The summed E-state index contributed by atoms with van der Waals surface area (Å²) in [7, 11) is 0. The Hall–Kier alpha value is -0.480. The maximum absolute atomic E-state index is 11.8. The lowest BCUT2D eigenvalue weighted by molar-refractivity contribution is 0.0953. The Morgan fingerprint density at radius 1 is 1.41 bits per heavy atom. The Kier molecular flexibility index (Phi) is 6.66. The van der Waals surface area contributed by atoms with E-state index in [9.17, 15) is 4.79 Å². The van der Waals surface area contributed by atoms with Crippen molar-refractivity contribution in [3.8, 4) is 0 Å². The highest BCUT2D eigenvalue weighted by atomic mass is 79.9. The van der Waals surface area contributed by atoms with Crippen molar-refractivity contribution in [1.82, 2.24) is 5.32 Å². The summed E-state index contributed by atoms with van der Waals surface area (Å²) in [4.78, 5) is 11.8. The zero-order valence-electron chi connectivity index (χ0n) is 10.2. The zero-order chi connectivity index (χ0) is 12.7. The van der Waals surface area contributed by atoms with Crippen molar-refractivity contribution in [2.75, 3.05) is 12.8 Å². The van der Waals surface area contributed by atoms with Crippen molar-refractivity contribution < 1.29 is 4.79 Å². The third kappa shape index (κ3) is 5.13. The number of thioether (sulfide) groups is 1. The third-order valence-electron chi connectivity index (χ3n) is 2.61. The van der Waals surface area contributed by atoms with Crippen LogP contribution >= 0.6 is 27.7 Å². The molecule has 0 aliphatic heterocycles. The predicted molar refractivity (Wildman–Crippen MR) is 79.0 cm³/mol. The van der Waals surface area contributed by atoms with E-state index in [0.29, 0.717) is 5.25 Å². The summed E-state index contributed by atoms with van der Waals surface area (Å²) in [6, 6.07) is 7.66. The number of hydrogen-bond donors (Lipinski definition) is 1. The molecule has 0 spiro atoms. The van der Waals surface area contributed by atoms with Crippen LogP contribution in [0.5, 0.6) is 0 Å². The second-order valence-corrected chi connectivity index (χ2v) is 5.76. The van der Waals surface area contributed by atoms with Crippen molar-refractivity contribution in [3.05, 3.63) is 35.4 Å². The number of rotatable bonds is 6. The Balaban J connectivity index is 2.41. The second-order valence-electron chi connectivity index (χ2n) is 3.92. The van der Waals surface area contributed by atoms with Gasteiger partial charge in [-0.2, -0.15) is 11.8 Å². The number of carbonyl (C=O) groups excluding carboxylic acids is 1. The maximum Gasteiger partial charge on any atom is 0.251 e. The van der Waals surface area contributed by atoms with Gasteiger partial charge in [-0.3, -0.25) is 4.79 Å². The fourth-order valence-electron chi connectivity index (χ4n) is 1.35. The van der Waals surface area contributed by atoms with Gasteiger partial charge in [0.05, 0.1) is 0 Å². The van der Waals surface area contributed by atoms with Crippen LogP contribution < -0.4 is 5.32 Å². The Bertz CT molecular complexity index is 353. The van der Waals surface area contributed by atoms with Gasteiger partial charge < -0.3 is 5.32 Å². The van der Waals surface area contributed by atoms with Gasteiger partial charge in [0, 0.05) is 22.7 Å². The molecule has 0 fully saturated rings. The van der Waals surface area contributed by atoms with E-state index in [-0.39, 0.29) is 5.91 Å². The summed E-state index contributed by atoms with van der Waals surface area (Å²) in [5, 5.41) is 4.35. The monoisotopic (exact) mass is 315 g/mol. The van der Waals surface area contributed by atoms with Crippen LogP contribution in [0.1, 0.15) is 29.3 Å². The molecule has 2 nitrogen and oxygen atoms in total. The second kappa shape index (κ2) is 7.77. The van der Waals surface area contributed by atoms with Crippen LogP contribution in [0.2, 0.25) is 0 Å². The van der Waals surface area contributed by atoms with Gasteiger partial charge in [-0.05, 0) is 30.4 Å². The molecule has 1 amide bonds. The smallest absolute Gasteiger partial charge is 0.251 e. The summed E-state index contributed by atoms with van der Waals surface area (Å²) in [5.74, 6) is 0.0134. The van der Waals surface area contributed by atoms with E-state index in [0.717, 1.165) is 23.9 Å². The van der Waals surface area contributed by atoms with Gasteiger partial charge in [0.1, 0.15) is 0 Å². The number of alkyl halides is 1. The highest BCUT2D eigenvalue weighted by molar-refractivity contribution is 9.08. The quantitative estimate of drug-likeness (QED) is 0.815. The molecule has 0 aromatic heterocycles. The molecule has 0 saturated heterocycles. The van der Waals surface area contributed by atoms with Gasteiger partial charge in [-0.25, -0.2) is 0 Å². The minimum Gasteiger partial charge on any atom is -0.352 e. The number of hydrogen-bond acceptors (Lipinski definition) is 2. The molecule has 1 atom stereocenters. The molecule has 94 valence electrons. The fraction of sp³-hybridized carbons (Fsp3) is 0.462. The maximum atomic E-state index is 11.8. The van der Waals surface area contributed by atoms with Gasteiger partial charge >= 0.3 is 0 Å². The summed E-state index contributed by atoms with van der Waals surface area (Å²) >= 11 is 5.20. The summed E-state index contributed by atoms with van der Waals surface area (Å²) in [6.07, 6.45) is 3.10. The van der Waals surface area contributed by atoms with E-state index in [1.165, 1.54) is 5.56 Å². The number of halogens is 1. The molecule has 0 heterocycles. The number of carbonyl (C=O) groups is 1. The highest BCUT2D eigenvalue weighted by Crippen LogP contribution is 2.09. The fourth-order valence-corrected chi connectivity index (χ4v) is 2.08. The van der Waals surface area contributed by atoms with E-state index < -0.39 is 0 Å². The van der Waals surface area contributed by atoms with Crippen LogP contribution in [-0.2, 0) is 5.33 Å². The van der Waals surface area contributed by atoms with Crippen LogP contribution in [0.25, 0.3) is 0 Å². The van der Waals surface area contributed by atoms with Crippen LogP contribution in [0, 0.1) is 0 Å². The van der Waals surface area contributed by atoms with Crippen LogP contribution in [0.15, 0.2) is 24.3 Å². The molecule has 4 heteroatoms. The average molecular weight is 316 g/mol. The van der Waals surface area contributed by atoms with E-state index in [2.05, 4.69) is 34.4 Å². The molecule has 17 heavy (non-hydrogen) atoms. The molecule has 1 rings (SSSR count). The van der Waals surface area contributed by atoms with Gasteiger partial charge in [0.15, 0.2) is 0 Å². The first-order valence-corrected chi connectivity index (χ1v) is 8.04. The SMILES string of the molecule is CSC(C)CCNC(=O)c1ccc(CBr)cc1. The topological polar surface area (TPSA) is 29.1 Å². The standard InChI is InChI=1S/C13H18BrNOS/c1-10(17-2)7-8-15-13(16)12-5-3-11(9-14)4-6-12/h3-6,10H,7-9H2,1-2H3,(H,15,16). The van der Waals surface area contributed by atoms with E-state index in [1.54, 1.807) is 0 Å². The predicted octanol–water partition coefficient (Wildman–Crippen LogP) is 3.45. The number of amides is 1. The first-order valence-electron chi connectivity index (χ1n) is 5.63. The molecular weight excluding hydrogens is 298 g/mol. The molecule has 0 saturated carbocycles. The Labute approximate surface area is 116 Å². The normalized spacial score (nSPS) is 12.2. The number of nitrogens with one attached hydrogen (secondary N) is 1. The van der Waals surface area contributed by atoms with Crippen molar-refractivity contribution in [2.24, 2.45) is 0 Å². The highest BCUT2D eigenvalue weighted by Gasteiger charge is 2.05. The lowest BCUT2D eigenvalue weighted by atomic mass is 10.1. The Morgan fingerprint density at radius 3 is 2.59 bits per heavy atom. The summed E-state index contributed by atoms with van der Waals surface area (Å²) < 4.78 is 0. The minimum atomic E-state index is 0.0134. The van der Waals surface area contributed by atoms with Crippen molar-refractivity contribution >= 4 is 33.6 Å². The molecule has 1 unspecified atom stereocenters. The van der Waals surface area contributed by atoms with Crippen LogP contribution in [0.4, 0.5) is 0 Å². The van der Waals surface area contributed by atoms with Crippen molar-refractivity contribution in [3.63, 3.8) is 0 Å². The van der Waals surface area contributed by atoms with E-state index in [4.69, 9.17) is 0 Å². The average Bonchev–Trinajstić information content (AvgIpc) is 2.38. The molecule has 0 aliphatic carbocycles. The van der Waals surface area contributed by atoms with Gasteiger partial charge in [0.25, 0.3) is 5.91 Å². The van der Waals surface area contributed by atoms with Crippen molar-refractivity contribution in [2.45, 2.75) is 23.9 Å². The molecule has 0 bridgehead atoms. The molecule has 1 aromatic carbocycles. The lowest BCUT2D eigenvalue weighted by Gasteiger charge is -2.09. The molecule has 1 aromatic rings. The zero-order valence-corrected chi connectivity index (χ0v) is 12.6. The molecule has 0 radical (unpaired) electrons. The molecule has 0 aliphatic rings. The van der Waals surface area contributed by atoms with Gasteiger partial charge in [-0.1, -0.05) is 35.0 Å². The third-order valence-corrected chi connectivity index (χ3v) is 4.30. The van der Waals surface area contributed by atoms with Crippen LogP contribution in [0.3, 0.4) is 0 Å². The molecular formula is C13H18BrNOS. The first-order chi connectivity index (χ1) is 8.17. The molecule has 1 N–H and O–H groups in total. The Morgan fingerprint density at radius 2 is 2.06 bits per heavy atom. The van der Waals surface area contributed by atoms with Crippen molar-refractivity contribution in [1.29, 1.82) is 0 Å². The first kappa shape index (κ1) is 14.6. The summed E-state index contributed by atoms with van der Waals surface area (Å²) in [6.45, 7) is 2.91. The lowest BCUT2D eigenvalue weighted by Crippen LogP contribution is -2.25. The minimum absolute atomic E-state index is 0.0134. The largest absolute Gasteiger partial charge is 0.352 e. The van der Waals surface area contributed by atoms with Gasteiger partial charge in [0.2, 0.25) is 0 Å². The van der Waals surface area contributed by atoms with Gasteiger partial charge in [-0.15, -0.1) is 0 Å². The van der Waals surface area contributed by atoms with Crippen LogP contribution in [-0.4, -0.2) is 24.0 Å². The number of benzene rings is 1.